The first-order valence-electron chi connectivity index (χ1n) is 6.28. The summed E-state index contributed by atoms with van der Waals surface area (Å²) in [6.45, 7) is 2.72. The minimum Gasteiger partial charge on any atom is -0.478 e. The van der Waals surface area contributed by atoms with Gasteiger partial charge in [-0.1, -0.05) is 0 Å². The Morgan fingerprint density at radius 2 is 2.25 bits per heavy atom. The molecule has 0 radical (unpaired) electrons. The lowest BCUT2D eigenvalue weighted by Gasteiger charge is -2.16. The summed E-state index contributed by atoms with van der Waals surface area (Å²) in [6.07, 6.45) is 1.73. The van der Waals surface area contributed by atoms with Crippen LogP contribution in [0.4, 0.5) is 5.69 Å². The van der Waals surface area contributed by atoms with E-state index in [1.807, 2.05) is 6.92 Å². The molecule has 1 fully saturated rings. The van der Waals surface area contributed by atoms with Gasteiger partial charge in [0, 0.05) is 24.9 Å². The molecule has 1 aromatic heterocycles. The van der Waals surface area contributed by atoms with Gasteiger partial charge in [-0.3, -0.25) is 4.79 Å². The molecule has 0 spiro atoms. The third kappa shape index (κ3) is 3.67. The van der Waals surface area contributed by atoms with Crippen molar-refractivity contribution in [1.82, 2.24) is 4.98 Å². The number of amides is 1. The molecule has 20 heavy (non-hydrogen) atoms. The number of hydrogen-bond acceptors (Lipinski definition) is 5. The Kier molecular flexibility index (Phi) is 4.24. The van der Waals surface area contributed by atoms with E-state index >= 15 is 0 Å². The van der Waals surface area contributed by atoms with Crippen LogP contribution < -0.4 is 14.8 Å². The number of ether oxygens (including phenoxy) is 1. The van der Waals surface area contributed by atoms with Crippen molar-refractivity contribution in [1.29, 1.82) is 0 Å². The quantitative estimate of drug-likeness (QED) is 0.832. The summed E-state index contributed by atoms with van der Waals surface area (Å²) < 4.78 is 27.4. The first-order valence-corrected chi connectivity index (χ1v) is 8.00. The van der Waals surface area contributed by atoms with Gasteiger partial charge in [-0.25, -0.2) is 18.5 Å². The minimum absolute atomic E-state index is 0.121. The molecule has 0 aromatic carbocycles. The summed E-state index contributed by atoms with van der Waals surface area (Å²) in [5.74, 6) is -0.0858. The van der Waals surface area contributed by atoms with Crippen LogP contribution in [0.15, 0.2) is 18.3 Å². The molecule has 1 amide bonds. The number of primary sulfonamides is 1. The highest BCUT2D eigenvalue weighted by Gasteiger charge is 2.32. The standard InChI is InChI=1S/C12H17N3O4S/c1-2-19-11-4-3-10(6-14-11)15-7-9(5-12(15)16)8-20(13,17)18/h3-4,6,9H,2,5,7-8H2,1H3,(H2,13,17,18). The summed E-state index contributed by atoms with van der Waals surface area (Å²) in [5, 5.41) is 5.01. The Morgan fingerprint density at radius 3 is 2.80 bits per heavy atom. The number of nitrogens with zero attached hydrogens (tertiary/aromatic N) is 2. The predicted molar refractivity (Wildman–Crippen MR) is 73.8 cm³/mol. The van der Waals surface area contributed by atoms with E-state index in [1.165, 1.54) is 4.90 Å². The monoisotopic (exact) mass is 299 g/mol. The molecule has 1 aliphatic heterocycles. The van der Waals surface area contributed by atoms with Gasteiger partial charge in [0.25, 0.3) is 0 Å². The van der Waals surface area contributed by atoms with E-state index in [-0.39, 0.29) is 24.0 Å². The van der Waals surface area contributed by atoms with Gasteiger partial charge in [0.2, 0.25) is 21.8 Å². The highest BCUT2D eigenvalue weighted by molar-refractivity contribution is 7.89. The minimum atomic E-state index is -3.57. The van der Waals surface area contributed by atoms with E-state index in [4.69, 9.17) is 9.88 Å². The highest BCUT2D eigenvalue weighted by Crippen LogP contribution is 2.26. The van der Waals surface area contributed by atoms with Crippen molar-refractivity contribution in [3.05, 3.63) is 18.3 Å². The van der Waals surface area contributed by atoms with Crippen molar-refractivity contribution in [2.75, 3.05) is 23.8 Å². The van der Waals surface area contributed by atoms with Gasteiger partial charge in [-0.05, 0) is 13.0 Å². The number of carbonyl (C=O) groups excluding carboxylic acids is 1. The van der Waals surface area contributed by atoms with Crippen LogP contribution in [-0.2, 0) is 14.8 Å². The van der Waals surface area contributed by atoms with Gasteiger partial charge in [-0.15, -0.1) is 0 Å². The van der Waals surface area contributed by atoms with E-state index in [9.17, 15) is 13.2 Å². The van der Waals surface area contributed by atoms with Gasteiger partial charge < -0.3 is 9.64 Å². The lowest BCUT2D eigenvalue weighted by molar-refractivity contribution is -0.117. The van der Waals surface area contributed by atoms with Crippen molar-refractivity contribution in [3.8, 4) is 5.88 Å². The Bertz CT molecular complexity index is 585. The number of nitrogens with two attached hydrogens (primary N) is 1. The Hall–Kier alpha value is -1.67. The van der Waals surface area contributed by atoms with Crippen molar-refractivity contribution in [3.63, 3.8) is 0 Å². The molecule has 2 N–H and O–H groups in total. The molecule has 7 nitrogen and oxygen atoms in total. The average molecular weight is 299 g/mol. The van der Waals surface area contributed by atoms with E-state index in [2.05, 4.69) is 4.98 Å². The fraction of sp³-hybridized carbons (Fsp3) is 0.500. The fourth-order valence-corrected chi connectivity index (χ4v) is 3.12. The summed E-state index contributed by atoms with van der Waals surface area (Å²) in [5.41, 5.74) is 0.635. The Balaban J connectivity index is 2.07. The lowest BCUT2D eigenvalue weighted by atomic mass is 10.1. The molecular formula is C12H17N3O4S. The molecule has 8 heteroatoms. The van der Waals surface area contributed by atoms with Gasteiger partial charge >= 0.3 is 0 Å². The average Bonchev–Trinajstić information content (AvgIpc) is 2.69. The molecule has 2 rings (SSSR count). The van der Waals surface area contributed by atoms with E-state index < -0.39 is 10.0 Å². The number of aromatic nitrogens is 1. The zero-order valence-corrected chi connectivity index (χ0v) is 12.0. The number of sulfonamides is 1. The molecule has 110 valence electrons. The van der Waals surface area contributed by atoms with E-state index in [0.29, 0.717) is 24.7 Å². The Morgan fingerprint density at radius 1 is 1.50 bits per heavy atom. The smallest absolute Gasteiger partial charge is 0.227 e. The maximum absolute atomic E-state index is 11.9. The first-order chi connectivity index (χ1) is 9.39. The number of hydrogen-bond donors (Lipinski definition) is 1. The number of pyridine rings is 1. The third-order valence-electron chi connectivity index (χ3n) is 3.00. The lowest BCUT2D eigenvalue weighted by Crippen LogP contribution is -2.27. The molecule has 1 aromatic rings. The normalized spacial score (nSPS) is 19.4. The predicted octanol–water partition coefficient (Wildman–Crippen LogP) is 0.122. The molecule has 0 bridgehead atoms. The molecule has 1 unspecified atom stereocenters. The second kappa shape index (κ2) is 5.76. The highest BCUT2D eigenvalue weighted by atomic mass is 32.2. The van der Waals surface area contributed by atoms with Gasteiger partial charge in [-0.2, -0.15) is 0 Å². The van der Waals surface area contributed by atoms with Crippen LogP contribution >= 0.6 is 0 Å². The van der Waals surface area contributed by atoms with Crippen LogP contribution in [0.25, 0.3) is 0 Å². The Labute approximate surface area is 117 Å². The summed E-state index contributed by atoms with van der Waals surface area (Å²) >= 11 is 0. The largest absolute Gasteiger partial charge is 0.478 e. The number of anilines is 1. The number of rotatable bonds is 5. The molecule has 0 saturated carbocycles. The van der Waals surface area contributed by atoms with Crippen molar-refractivity contribution in [2.45, 2.75) is 13.3 Å². The second-order valence-corrected chi connectivity index (χ2v) is 6.35. The summed E-state index contributed by atoms with van der Waals surface area (Å²) in [7, 11) is -3.57. The van der Waals surface area contributed by atoms with Crippen LogP contribution in [-0.4, -0.2) is 38.2 Å². The van der Waals surface area contributed by atoms with Crippen molar-refractivity contribution >= 4 is 21.6 Å². The second-order valence-electron chi connectivity index (χ2n) is 4.69. The topological polar surface area (TPSA) is 103 Å². The maximum atomic E-state index is 11.9. The molecule has 2 heterocycles. The zero-order valence-electron chi connectivity index (χ0n) is 11.2. The fourth-order valence-electron chi connectivity index (χ4n) is 2.24. The van der Waals surface area contributed by atoms with Crippen LogP contribution in [0, 0.1) is 5.92 Å². The van der Waals surface area contributed by atoms with Crippen molar-refractivity contribution in [2.24, 2.45) is 11.1 Å². The maximum Gasteiger partial charge on any atom is 0.227 e. The third-order valence-corrected chi connectivity index (χ3v) is 3.93. The van der Waals surface area contributed by atoms with Crippen molar-refractivity contribution < 1.29 is 17.9 Å². The zero-order chi connectivity index (χ0) is 14.8. The van der Waals surface area contributed by atoms with E-state index in [0.717, 1.165) is 0 Å². The van der Waals surface area contributed by atoms with Crippen LogP contribution in [0.3, 0.4) is 0 Å². The summed E-state index contributed by atoms with van der Waals surface area (Å²) in [6, 6.07) is 3.41. The van der Waals surface area contributed by atoms with Gasteiger partial charge in [0.1, 0.15) is 0 Å². The molecule has 1 saturated heterocycles. The van der Waals surface area contributed by atoms with Gasteiger partial charge in [0.15, 0.2) is 0 Å². The first kappa shape index (κ1) is 14.7. The van der Waals surface area contributed by atoms with E-state index in [1.54, 1.807) is 18.3 Å². The van der Waals surface area contributed by atoms with Gasteiger partial charge in [0.05, 0.1) is 24.2 Å². The molecule has 1 aliphatic rings. The van der Waals surface area contributed by atoms with Crippen LogP contribution in [0.5, 0.6) is 5.88 Å². The molecular weight excluding hydrogens is 282 g/mol. The van der Waals surface area contributed by atoms with Crippen LogP contribution in [0.2, 0.25) is 0 Å². The molecule has 0 aliphatic carbocycles. The van der Waals surface area contributed by atoms with Crippen LogP contribution in [0.1, 0.15) is 13.3 Å². The molecule has 1 atom stereocenters. The summed E-state index contributed by atoms with van der Waals surface area (Å²) in [4.78, 5) is 17.5. The SMILES string of the molecule is CCOc1ccc(N2CC(CS(N)(=O)=O)CC2=O)cn1. The number of carbonyl (C=O) groups is 1.